The molecule has 0 spiro atoms. The summed E-state index contributed by atoms with van der Waals surface area (Å²) < 4.78 is 13.3. The molecule has 0 radical (unpaired) electrons. The van der Waals surface area contributed by atoms with Gasteiger partial charge in [0, 0.05) is 0 Å². The molecular formula is C8H4Br2FNO3. The first-order valence-corrected chi connectivity index (χ1v) is 5.61. The minimum Gasteiger partial charge on any atom is -0.293 e. The Labute approximate surface area is 101 Å². The van der Waals surface area contributed by atoms with E-state index < -0.39 is 22.2 Å². The molecule has 0 aliphatic heterocycles. The highest BCUT2D eigenvalue weighted by molar-refractivity contribution is 9.10. The summed E-state index contributed by atoms with van der Waals surface area (Å²) in [4.78, 5) is 20.9. The Morgan fingerprint density at radius 2 is 2.13 bits per heavy atom. The summed E-state index contributed by atoms with van der Waals surface area (Å²) in [5.41, 5.74) is -0.581. The maximum atomic E-state index is 13.3. The monoisotopic (exact) mass is 339 g/mol. The zero-order valence-electron chi connectivity index (χ0n) is 7.17. The number of nitro benzene ring substituents is 1. The van der Waals surface area contributed by atoms with Crippen molar-refractivity contribution in [2.75, 3.05) is 5.33 Å². The number of ketones is 1. The van der Waals surface area contributed by atoms with Crippen molar-refractivity contribution >= 4 is 43.3 Å². The number of carbonyl (C=O) groups excluding carboxylic acids is 1. The van der Waals surface area contributed by atoms with Crippen molar-refractivity contribution in [3.63, 3.8) is 0 Å². The molecule has 0 fully saturated rings. The molecule has 15 heavy (non-hydrogen) atoms. The lowest BCUT2D eigenvalue weighted by Crippen LogP contribution is -2.04. The van der Waals surface area contributed by atoms with Crippen LogP contribution in [0.5, 0.6) is 0 Å². The van der Waals surface area contributed by atoms with Crippen molar-refractivity contribution in [1.29, 1.82) is 0 Å². The number of nitrogens with zero attached hydrogens (tertiary/aromatic N) is 1. The van der Waals surface area contributed by atoms with Gasteiger partial charge < -0.3 is 0 Å². The van der Waals surface area contributed by atoms with Crippen LogP contribution in [0.25, 0.3) is 0 Å². The van der Waals surface area contributed by atoms with Crippen LogP contribution in [0.4, 0.5) is 10.1 Å². The highest BCUT2D eigenvalue weighted by Gasteiger charge is 2.19. The Balaban J connectivity index is 3.31. The van der Waals surface area contributed by atoms with E-state index in [0.29, 0.717) is 0 Å². The first kappa shape index (κ1) is 12.3. The Kier molecular flexibility index (Phi) is 3.92. The summed E-state index contributed by atoms with van der Waals surface area (Å²) in [6, 6.07) is 1.83. The van der Waals surface area contributed by atoms with Gasteiger partial charge in [-0.15, -0.1) is 0 Å². The molecule has 80 valence electrons. The van der Waals surface area contributed by atoms with Gasteiger partial charge in [-0.2, -0.15) is 0 Å². The summed E-state index contributed by atoms with van der Waals surface area (Å²) in [6.07, 6.45) is 0. The van der Waals surface area contributed by atoms with Gasteiger partial charge in [-0.05, 0) is 22.0 Å². The number of hydrogen-bond donors (Lipinski definition) is 0. The van der Waals surface area contributed by atoms with Crippen LogP contribution in [-0.2, 0) is 0 Å². The molecule has 7 heteroatoms. The average molecular weight is 341 g/mol. The van der Waals surface area contributed by atoms with Crippen LogP contribution < -0.4 is 0 Å². The summed E-state index contributed by atoms with van der Waals surface area (Å²) in [6.45, 7) is 0. The van der Waals surface area contributed by atoms with Crippen LogP contribution in [0.15, 0.2) is 16.6 Å². The Bertz CT molecular complexity index is 436. The van der Waals surface area contributed by atoms with E-state index >= 15 is 0 Å². The van der Waals surface area contributed by atoms with Gasteiger partial charge in [-0.25, -0.2) is 4.39 Å². The van der Waals surface area contributed by atoms with E-state index in [-0.39, 0.29) is 15.4 Å². The predicted molar refractivity (Wildman–Crippen MR) is 58.9 cm³/mol. The Hall–Kier alpha value is -0.820. The molecule has 1 rings (SSSR count). The van der Waals surface area contributed by atoms with Gasteiger partial charge in [-0.1, -0.05) is 15.9 Å². The van der Waals surface area contributed by atoms with E-state index in [0.717, 1.165) is 12.1 Å². The minimum absolute atomic E-state index is 0.0336. The van der Waals surface area contributed by atoms with Gasteiger partial charge in [0.15, 0.2) is 5.78 Å². The van der Waals surface area contributed by atoms with E-state index in [1.54, 1.807) is 0 Å². The topological polar surface area (TPSA) is 60.2 Å². The second-order valence-corrected chi connectivity index (χ2v) is 4.01. The zero-order chi connectivity index (χ0) is 11.6. The van der Waals surface area contributed by atoms with Gasteiger partial charge >= 0.3 is 0 Å². The van der Waals surface area contributed by atoms with E-state index in [9.17, 15) is 19.3 Å². The van der Waals surface area contributed by atoms with E-state index in [1.165, 1.54) is 0 Å². The number of nitro groups is 1. The third-order valence-corrected chi connectivity index (χ3v) is 2.80. The molecule has 0 bridgehead atoms. The predicted octanol–water partition coefficient (Wildman–Crippen LogP) is 3.07. The first-order valence-electron chi connectivity index (χ1n) is 3.70. The largest absolute Gasteiger partial charge is 0.293 e. The lowest BCUT2D eigenvalue weighted by molar-refractivity contribution is -0.385. The van der Waals surface area contributed by atoms with Crippen LogP contribution >= 0.6 is 31.9 Å². The Morgan fingerprint density at radius 1 is 1.53 bits per heavy atom. The van der Waals surface area contributed by atoms with Crippen molar-refractivity contribution in [1.82, 2.24) is 0 Å². The van der Waals surface area contributed by atoms with E-state index in [2.05, 4.69) is 31.9 Å². The number of Topliss-reactive ketones (excluding diaryl/α,β-unsaturated/α-hetero) is 1. The van der Waals surface area contributed by atoms with Crippen LogP contribution in [0, 0.1) is 15.9 Å². The summed E-state index contributed by atoms with van der Waals surface area (Å²) in [5, 5.41) is 10.4. The normalized spacial score (nSPS) is 10.1. The fourth-order valence-electron chi connectivity index (χ4n) is 0.962. The lowest BCUT2D eigenvalue weighted by atomic mass is 10.1. The highest BCUT2D eigenvalue weighted by Crippen LogP contribution is 2.28. The van der Waals surface area contributed by atoms with E-state index in [1.807, 2.05) is 0 Å². The zero-order valence-corrected chi connectivity index (χ0v) is 10.3. The molecule has 0 aliphatic carbocycles. The van der Waals surface area contributed by atoms with Crippen LogP contribution in [0.3, 0.4) is 0 Å². The van der Waals surface area contributed by atoms with Crippen LogP contribution in [0.1, 0.15) is 10.4 Å². The molecule has 0 heterocycles. The molecule has 4 nitrogen and oxygen atoms in total. The van der Waals surface area contributed by atoms with Gasteiger partial charge in [-0.3, -0.25) is 14.9 Å². The lowest BCUT2D eigenvalue weighted by Gasteiger charge is -2.01. The van der Waals surface area contributed by atoms with Crippen molar-refractivity contribution in [3.8, 4) is 0 Å². The molecule has 0 saturated heterocycles. The summed E-state index contributed by atoms with van der Waals surface area (Å²) in [7, 11) is 0. The van der Waals surface area contributed by atoms with Gasteiger partial charge in [0.05, 0.1) is 26.4 Å². The highest BCUT2D eigenvalue weighted by atomic mass is 79.9. The standard InChI is InChI=1S/C8H4Br2FNO3/c9-3-8(13)4-1-5(10)7(12(14)15)2-6(4)11/h1-2H,3H2. The fourth-order valence-corrected chi connectivity index (χ4v) is 1.75. The average Bonchev–Trinajstić information content (AvgIpc) is 2.19. The molecule has 0 aliphatic rings. The molecule has 0 saturated carbocycles. The molecular weight excluding hydrogens is 337 g/mol. The minimum atomic E-state index is -0.894. The molecule has 0 N–H and O–H groups in total. The number of carbonyl (C=O) groups is 1. The van der Waals surface area contributed by atoms with Gasteiger partial charge in [0.1, 0.15) is 5.82 Å². The van der Waals surface area contributed by atoms with Crippen LogP contribution in [0.2, 0.25) is 0 Å². The number of halogens is 3. The molecule has 0 amide bonds. The van der Waals surface area contributed by atoms with Crippen LogP contribution in [-0.4, -0.2) is 16.0 Å². The van der Waals surface area contributed by atoms with Gasteiger partial charge in [0.25, 0.3) is 5.69 Å². The Morgan fingerprint density at radius 3 is 2.60 bits per heavy atom. The SMILES string of the molecule is O=C(CBr)c1cc(Br)c([N+](=O)[O-])cc1F. The summed E-state index contributed by atoms with van der Waals surface area (Å²) in [5.74, 6) is -1.36. The number of alkyl halides is 1. The maximum absolute atomic E-state index is 13.3. The van der Waals surface area contributed by atoms with Crippen molar-refractivity contribution in [3.05, 3.63) is 38.1 Å². The summed E-state index contributed by atoms with van der Waals surface area (Å²) >= 11 is 5.80. The van der Waals surface area contributed by atoms with Crippen molar-refractivity contribution in [2.45, 2.75) is 0 Å². The fraction of sp³-hybridized carbons (Fsp3) is 0.125. The molecule has 0 atom stereocenters. The van der Waals surface area contributed by atoms with E-state index in [4.69, 9.17) is 0 Å². The smallest absolute Gasteiger partial charge is 0.286 e. The second kappa shape index (κ2) is 4.80. The molecule has 1 aromatic carbocycles. The van der Waals surface area contributed by atoms with Crippen molar-refractivity contribution < 1.29 is 14.1 Å². The second-order valence-electron chi connectivity index (χ2n) is 2.60. The maximum Gasteiger partial charge on any atom is 0.286 e. The molecule has 1 aromatic rings. The number of rotatable bonds is 3. The quantitative estimate of drug-likeness (QED) is 0.367. The number of hydrogen-bond acceptors (Lipinski definition) is 3. The molecule has 0 unspecified atom stereocenters. The molecule has 0 aromatic heterocycles. The van der Waals surface area contributed by atoms with Crippen molar-refractivity contribution in [2.24, 2.45) is 0 Å². The third kappa shape index (κ3) is 2.60. The van der Waals surface area contributed by atoms with Gasteiger partial charge in [0.2, 0.25) is 0 Å². The third-order valence-electron chi connectivity index (χ3n) is 1.65. The first-order chi connectivity index (χ1) is 6.97. The number of benzene rings is 1.